The number of ether oxygens (including phenoxy) is 1. The first-order chi connectivity index (χ1) is 14.7. The zero-order valence-corrected chi connectivity index (χ0v) is 17.9. The van der Waals surface area contributed by atoms with Crippen molar-refractivity contribution in [1.29, 1.82) is 0 Å². The molecule has 2 heterocycles. The van der Waals surface area contributed by atoms with Gasteiger partial charge in [-0.15, -0.1) is 0 Å². The number of aromatic nitrogens is 2. The molecule has 1 fully saturated rings. The molecule has 1 saturated heterocycles. The summed E-state index contributed by atoms with van der Waals surface area (Å²) in [6, 6.07) is 17.9. The molecule has 0 spiro atoms. The first kappa shape index (κ1) is 20.8. The molecule has 3 aromatic rings. The summed E-state index contributed by atoms with van der Waals surface area (Å²) in [6.07, 6.45) is 0. The van der Waals surface area contributed by atoms with Crippen LogP contribution in [0.3, 0.4) is 0 Å². The van der Waals surface area contributed by atoms with Crippen LogP contribution in [0.15, 0.2) is 59.6 Å². The lowest BCUT2D eigenvalue weighted by Gasteiger charge is -2.26. The van der Waals surface area contributed by atoms with Gasteiger partial charge in [0.25, 0.3) is 0 Å². The zero-order valence-electron chi connectivity index (χ0n) is 17.1. The number of fused-ring (bicyclic) bond motifs is 1. The summed E-state index contributed by atoms with van der Waals surface area (Å²) in [6.45, 7) is 6.40. The number of hydrogen-bond acceptors (Lipinski definition) is 6. The first-order valence-electron chi connectivity index (χ1n) is 10.2. The Balaban J connectivity index is 1.48. The Morgan fingerprint density at radius 2 is 1.83 bits per heavy atom. The second kappa shape index (κ2) is 10.0. The summed E-state index contributed by atoms with van der Waals surface area (Å²) in [7, 11) is 0. The van der Waals surface area contributed by atoms with Crippen LogP contribution in [0.4, 0.5) is 0 Å². The Morgan fingerprint density at radius 1 is 1.10 bits per heavy atom. The highest BCUT2D eigenvalue weighted by molar-refractivity contribution is 8.00. The summed E-state index contributed by atoms with van der Waals surface area (Å²) < 4.78 is 5.43. The molecule has 7 heteroatoms. The average molecular weight is 423 g/mol. The van der Waals surface area contributed by atoms with Crippen LogP contribution in [-0.2, 0) is 22.6 Å². The van der Waals surface area contributed by atoms with Crippen LogP contribution < -0.4 is 5.32 Å². The number of nitrogens with one attached hydrogen (secondary N) is 1. The zero-order chi connectivity index (χ0) is 20.8. The van der Waals surface area contributed by atoms with E-state index in [-0.39, 0.29) is 11.2 Å². The van der Waals surface area contributed by atoms with Crippen LogP contribution in [0.1, 0.15) is 18.3 Å². The quantitative estimate of drug-likeness (QED) is 0.466. The van der Waals surface area contributed by atoms with Crippen LogP contribution >= 0.6 is 11.8 Å². The van der Waals surface area contributed by atoms with Gasteiger partial charge in [-0.25, -0.2) is 9.97 Å². The van der Waals surface area contributed by atoms with Crippen molar-refractivity contribution >= 4 is 28.6 Å². The molecule has 2 aromatic carbocycles. The standard InChI is InChI=1S/C23H26N4O2S/c1-17(22(28)24-15-18-7-3-2-4-8-18)30-23-19-9-5-6-10-20(19)25-21(26-23)16-27-11-13-29-14-12-27/h2-10,17H,11-16H2,1H3,(H,24,28)/t17-/m1/s1. The number of nitrogens with zero attached hydrogens (tertiary/aromatic N) is 3. The number of amides is 1. The smallest absolute Gasteiger partial charge is 0.233 e. The molecule has 4 rings (SSSR count). The largest absolute Gasteiger partial charge is 0.379 e. The number of benzene rings is 2. The molecule has 6 nitrogen and oxygen atoms in total. The predicted molar refractivity (Wildman–Crippen MR) is 119 cm³/mol. The molecular weight excluding hydrogens is 396 g/mol. The van der Waals surface area contributed by atoms with Gasteiger partial charge in [0.1, 0.15) is 10.9 Å². The van der Waals surface area contributed by atoms with Gasteiger partial charge in [-0.3, -0.25) is 9.69 Å². The van der Waals surface area contributed by atoms with Crippen LogP contribution in [0.25, 0.3) is 10.9 Å². The third kappa shape index (κ3) is 5.36. The highest BCUT2D eigenvalue weighted by Gasteiger charge is 2.19. The number of para-hydroxylation sites is 1. The van der Waals surface area contributed by atoms with Crippen molar-refractivity contribution in [3.8, 4) is 0 Å². The Morgan fingerprint density at radius 3 is 2.63 bits per heavy atom. The summed E-state index contributed by atoms with van der Waals surface area (Å²) in [4.78, 5) is 24.5. The van der Waals surface area contributed by atoms with E-state index in [4.69, 9.17) is 14.7 Å². The van der Waals surface area contributed by atoms with Crippen LogP contribution in [0.2, 0.25) is 0 Å². The molecule has 0 saturated carbocycles. The molecule has 1 atom stereocenters. The van der Waals surface area contributed by atoms with Gasteiger partial charge in [-0.05, 0) is 18.6 Å². The third-order valence-electron chi connectivity index (χ3n) is 5.05. The van der Waals surface area contributed by atoms with Crippen molar-refractivity contribution in [2.75, 3.05) is 26.3 Å². The van der Waals surface area contributed by atoms with Gasteiger partial charge in [-0.2, -0.15) is 0 Å². The number of thioether (sulfide) groups is 1. The molecule has 0 radical (unpaired) electrons. The molecule has 1 aliphatic rings. The Hall–Kier alpha value is -2.48. The number of rotatable bonds is 7. The van der Waals surface area contributed by atoms with E-state index < -0.39 is 0 Å². The van der Waals surface area contributed by atoms with E-state index in [2.05, 4.69) is 10.2 Å². The van der Waals surface area contributed by atoms with Gasteiger partial charge in [0.2, 0.25) is 5.91 Å². The minimum Gasteiger partial charge on any atom is -0.379 e. The first-order valence-corrected chi connectivity index (χ1v) is 11.1. The van der Waals surface area contributed by atoms with Crippen LogP contribution in [0.5, 0.6) is 0 Å². The van der Waals surface area contributed by atoms with Crippen LogP contribution in [0, 0.1) is 0 Å². The van der Waals surface area contributed by atoms with Crippen molar-refractivity contribution in [2.24, 2.45) is 0 Å². The minimum absolute atomic E-state index is 0.00118. The molecule has 1 N–H and O–H groups in total. The fourth-order valence-corrected chi connectivity index (χ4v) is 4.35. The van der Waals surface area contributed by atoms with Crippen molar-refractivity contribution in [1.82, 2.24) is 20.2 Å². The Bertz CT molecular complexity index is 993. The molecule has 156 valence electrons. The molecule has 1 aromatic heterocycles. The minimum atomic E-state index is -0.261. The second-order valence-electron chi connectivity index (χ2n) is 7.31. The number of carbonyl (C=O) groups is 1. The van der Waals surface area contributed by atoms with Crippen molar-refractivity contribution in [3.63, 3.8) is 0 Å². The molecular formula is C23H26N4O2S. The predicted octanol–water partition coefficient (Wildman–Crippen LogP) is 3.26. The average Bonchev–Trinajstić information content (AvgIpc) is 2.79. The van der Waals surface area contributed by atoms with Gasteiger partial charge in [-0.1, -0.05) is 60.3 Å². The normalized spacial score (nSPS) is 15.8. The SMILES string of the molecule is C[C@@H](Sc1nc(CN2CCOCC2)nc2ccccc12)C(=O)NCc1ccccc1. The fourth-order valence-electron chi connectivity index (χ4n) is 3.36. The van der Waals surface area contributed by atoms with E-state index in [1.165, 1.54) is 11.8 Å². The third-order valence-corrected chi connectivity index (χ3v) is 6.15. The van der Waals surface area contributed by atoms with E-state index in [0.29, 0.717) is 13.1 Å². The van der Waals surface area contributed by atoms with Gasteiger partial charge < -0.3 is 10.1 Å². The molecule has 0 bridgehead atoms. The van der Waals surface area contributed by atoms with Crippen molar-refractivity contribution < 1.29 is 9.53 Å². The molecule has 30 heavy (non-hydrogen) atoms. The lowest BCUT2D eigenvalue weighted by atomic mass is 10.2. The lowest BCUT2D eigenvalue weighted by molar-refractivity contribution is -0.120. The second-order valence-corrected chi connectivity index (χ2v) is 8.64. The van der Waals surface area contributed by atoms with Gasteiger partial charge in [0.05, 0.1) is 30.5 Å². The maximum atomic E-state index is 12.7. The lowest BCUT2D eigenvalue weighted by Crippen LogP contribution is -2.36. The fraction of sp³-hybridized carbons (Fsp3) is 0.348. The highest BCUT2D eigenvalue weighted by atomic mass is 32.2. The topological polar surface area (TPSA) is 67.3 Å². The monoisotopic (exact) mass is 422 g/mol. The van der Waals surface area contributed by atoms with Gasteiger partial charge >= 0.3 is 0 Å². The van der Waals surface area contributed by atoms with Crippen molar-refractivity contribution in [3.05, 3.63) is 66.0 Å². The van der Waals surface area contributed by atoms with Crippen LogP contribution in [-0.4, -0.2) is 52.3 Å². The number of carbonyl (C=O) groups excluding carboxylic acids is 1. The van der Waals surface area contributed by atoms with E-state index in [1.807, 2.05) is 61.5 Å². The molecule has 1 amide bonds. The Kier molecular flexibility index (Phi) is 6.94. The van der Waals surface area contributed by atoms with E-state index >= 15 is 0 Å². The summed E-state index contributed by atoms with van der Waals surface area (Å²) in [5.74, 6) is 0.788. The summed E-state index contributed by atoms with van der Waals surface area (Å²) in [5, 5.41) is 4.60. The molecule has 1 aliphatic heterocycles. The molecule has 0 unspecified atom stereocenters. The maximum Gasteiger partial charge on any atom is 0.233 e. The summed E-state index contributed by atoms with van der Waals surface area (Å²) in [5.41, 5.74) is 2.00. The summed E-state index contributed by atoms with van der Waals surface area (Å²) >= 11 is 1.49. The Labute approximate surface area is 181 Å². The van der Waals surface area contributed by atoms with Gasteiger partial charge in [0.15, 0.2) is 0 Å². The van der Waals surface area contributed by atoms with E-state index in [0.717, 1.165) is 53.6 Å². The maximum absolute atomic E-state index is 12.7. The number of hydrogen-bond donors (Lipinski definition) is 1. The number of morpholine rings is 1. The highest BCUT2D eigenvalue weighted by Crippen LogP contribution is 2.29. The van der Waals surface area contributed by atoms with Gasteiger partial charge in [0, 0.05) is 25.0 Å². The van der Waals surface area contributed by atoms with Crippen molar-refractivity contribution in [2.45, 2.75) is 30.3 Å². The van der Waals surface area contributed by atoms with E-state index in [9.17, 15) is 4.79 Å². The van der Waals surface area contributed by atoms with E-state index in [1.54, 1.807) is 0 Å². The molecule has 0 aliphatic carbocycles.